The number of aryl methyl sites for hydroxylation is 3. The molecular weight excluding hydrogens is 587 g/mol. The predicted octanol–water partition coefficient (Wildman–Crippen LogP) is 4.82. The first-order chi connectivity index (χ1) is 18.3. The highest BCUT2D eigenvalue weighted by atomic mass is 127. The number of hydrogen-bond acceptors (Lipinski definition) is 4. The van der Waals surface area contributed by atoms with E-state index in [0.717, 1.165) is 59.4 Å². The van der Waals surface area contributed by atoms with Gasteiger partial charge in [-0.3, -0.25) is 13.9 Å². The van der Waals surface area contributed by atoms with Crippen molar-refractivity contribution in [3.05, 3.63) is 107 Å². The average molecular weight is 623 g/mol. The lowest BCUT2D eigenvalue weighted by molar-refractivity contribution is 0.313. The predicted molar refractivity (Wildman–Crippen MR) is 165 cm³/mol. The molecule has 7 heteroatoms. The van der Waals surface area contributed by atoms with Gasteiger partial charge in [-0.15, -0.1) is 0 Å². The van der Waals surface area contributed by atoms with E-state index in [1.165, 1.54) is 21.3 Å². The highest BCUT2D eigenvalue weighted by Gasteiger charge is 2.22. The first kappa shape index (κ1) is 26.7. The van der Waals surface area contributed by atoms with E-state index in [-0.39, 0.29) is 11.2 Å². The van der Waals surface area contributed by atoms with E-state index in [9.17, 15) is 9.59 Å². The Morgan fingerprint density at radius 1 is 0.816 bits per heavy atom. The fraction of sp³-hybridized carbons (Fsp3) is 0.355. The Balaban J connectivity index is 1.61. The van der Waals surface area contributed by atoms with Crippen LogP contribution in [-0.2, 0) is 19.5 Å². The number of aromatic nitrogens is 2. The Bertz CT molecular complexity index is 1550. The standard InChI is InChI=1S/C31H35IN4O2/c1-22-16-23(2)18-25(17-22)10-7-11-35-30(37)29-27(34-14-12-33(3)13-15-34)19-26(32)20-28(29)36(31(35)38)21-24-8-5-4-6-9-24/h4-6,8-9,16-20H,7,10-15,21H2,1-3H3. The maximum Gasteiger partial charge on any atom is 0.331 e. The molecule has 0 spiro atoms. The normalized spacial score (nSPS) is 14.4. The molecule has 2 heterocycles. The molecule has 0 aliphatic carbocycles. The second-order valence-electron chi connectivity index (χ2n) is 10.5. The van der Waals surface area contributed by atoms with Gasteiger partial charge >= 0.3 is 5.69 Å². The fourth-order valence-electron chi connectivity index (χ4n) is 5.55. The second kappa shape index (κ2) is 11.5. The van der Waals surface area contributed by atoms with Crippen LogP contribution in [0.15, 0.2) is 70.3 Å². The Morgan fingerprint density at radius 2 is 1.50 bits per heavy atom. The van der Waals surface area contributed by atoms with Crippen molar-refractivity contribution in [3.63, 3.8) is 0 Å². The molecule has 0 amide bonds. The van der Waals surface area contributed by atoms with Gasteiger partial charge in [0, 0.05) is 36.3 Å². The summed E-state index contributed by atoms with van der Waals surface area (Å²) in [7, 11) is 2.13. The van der Waals surface area contributed by atoms with Gasteiger partial charge in [-0.2, -0.15) is 0 Å². The van der Waals surface area contributed by atoms with Crippen molar-refractivity contribution in [2.75, 3.05) is 38.1 Å². The van der Waals surface area contributed by atoms with Crippen LogP contribution in [0.4, 0.5) is 5.69 Å². The zero-order valence-corrected chi connectivity index (χ0v) is 24.6. The number of anilines is 1. The van der Waals surface area contributed by atoms with Crippen molar-refractivity contribution in [1.82, 2.24) is 14.0 Å². The first-order valence-corrected chi connectivity index (χ1v) is 14.4. The third-order valence-electron chi connectivity index (χ3n) is 7.43. The van der Waals surface area contributed by atoms with E-state index in [4.69, 9.17) is 0 Å². The maximum atomic E-state index is 14.1. The number of likely N-dealkylation sites (N-methyl/N-ethyl adjacent to an activating group) is 1. The van der Waals surface area contributed by atoms with Gasteiger partial charge in [-0.1, -0.05) is 59.7 Å². The summed E-state index contributed by atoms with van der Waals surface area (Å²) in [4.78, 5) is 32.6. The molecule has 1 fully saturated rings. The Hall–Kier alpha value is -2.91. The van der Waals surface area contributed by atoms with E-state index >= 15 is 0 Å². The smallest absolute Gasteiger partial charge is 0.331 e. The Kier molecular flexibility index (Phi) is 8.04. The summed E-state index contributed by atoms with van der Waals surface area (Å²) in [5, 5.41) is 0.650. The summed E-state index contributed by atoms with van der Waals surface area (Å²) >= 11 is 2.31. The van der Waals surface area contributed by atoms with E-state index in [1.54, 1.807) is 4.57 Å². The van der Waals surface area contributed by atoms with Gasteiger partial charge < -0.3 is 9.80 Å². The van der Waals surface area contributed by atoms with E-state index in [2.05, 4.69) is 77.6 Å². The molecule has 1 aromatic heterocycles. The van der Waals surface area contributed by atoms with Crippen LogP contribution < -0.4 is 16.1 Å². The minimum absolute atomic E-state index is 0.180. The lowest BCUT2D eigenvalue weighted by Crippen LogP contribution is -2.46. The molecule has 4 aromatic rings. The van der Waals surface area contributed by atoms with E-state index in [1.807, 2.05) is 36.4 Å². The van der Waals surface area contributed by atoms with Crippen molar-refractivity contribution >= 4 is 39.2 Å². The topological polar surface area (TPSA) is 50.5 Å². The summed E-state index contributed by atoms with van der Waals surface area (Å²) in [5.41, 5.74) is 5.99. The molecule has 5 rings (SSSR count). The number of hydrogen-bond donors (Lipinski definition) is 0. The van der Waals surface area contributed by atoms with E-state index < -0.39 is 0 Å². The number of nitrogens with zero attached hydrogens (tertiary/aromatic N) is 4. The van der Waals surface area contributed by atoms with Gasteiger partial charge in [0.05, 0.1) is 23.1 Å². The van der Waals surface area contributed by atoms with Crippen LogP contribution in [0.5, 0.6) is 0 Å². The number of piperazine rings is 1. The van der Waals surface area contributed by atoms with Gasteiger partial charge in [0.25, 0.3) is 5.56 Å². The third kappa shape index (κ3) is 5.73. The highest BCUT2D eigenvalue weighted by molar-refractivity contribution is 14.1. The van der Waals surface area contributed by atoms with Crippen LogP contribution in [0.1, 0.15) is 28.7 Å². The second-order valence-corrected chi connectivity index (χ2v) is 11.8. The number of rotatable bonds is 7. The Labute approximate surface area is 237 Å². The molecule has 0 radical (unpaired) electrons. The third-order valence-corrected chi connectivity index (χ3v) is 8.05. The zero-order valence-electron chi connectivity index (χ0n) is 22.4. The summed E-state index contributed by atoms with van der Waals surface area (Å²) < 4.78 is 4.29. The number of benzene rings is 3. The summed E-state index contributed by atoms with van der Waals surface area (Å²) in [6.45, 7) is 8.63. The quantitative estimate of drug-likeness (QED) is 0.278. The molecule has 1 aliphatic heterocycles. The molecule has 0 N–H and O–H groups in total. The van der Waals surface area contributed by atoms with Crippen molar-refractivity contribution in [3.8, 4) is 0 Å². The van der Waals surface area contributed by atoms with Crippen LogP contribution in [0, 0.1) is 17.4 Å². The first-order valence-electron chi connectivity index (χ1n) is 13.3. The van der Waals surface area contributed by atoms with E-state index in [0.29, 0.717) is 18.5 Å². The SMILES string of the molecule is Cc1cc(C)cc(CCCn2c(=O)c3c(N4CCN(C)CC4)cc(I)cc3n(Cc3ccccc3)c2=O)c1. The highest BCUT2D eigenvalue weighted by Crippen LogP contribution is 2.28. The van der Waals surface area contributed by atoms with Crippen molar-refractivity contribution < 1.29 is 0 Å². The maximum absolute atomic E-state index is 14.1. The number of fused-ring (bicyclic) bond motifs is 1. The van der Waals surface area contributed by atoms with Crippen LogP contribution in [0.2, 0.25) is 0 Å². The molecule has 1 aliphatic rings. The monoisotopic (exact) mass is 622 g/mol. The minimum Gasteiger partial charge on any atom is -0.368 e. The number of halogens is 1. The summed E-state index contributed by atoms with van der Waals surface area (Å²) in [6.07, 6.45) is 1.55. The van der Waals surface area contributed by atoms with Gasteiger partial charge in [-0.25, -0.2) is 4.79 Å². The van der Waals surface area contributed by atoms with Crippen LogP contribution in [-0.4, -0.2) is 47.3 Å². The summed E-state index contributed by atoms with van der Waals surface area (Å²) in [6, 6.07) is 20.7. The molecular formula is C31H35IN4O2. The Morgan fingerprint density at radius 3 is 2.18 bits per heavy atom. The molecule has 0 atom stereocenters. The molecule has 38 heavy (non-hydrogen) atoms. The lowest BCUT2D eigenvalue weighted by atomic mass is 10.0. The molecule has 198 valence electrons. The summed E-state index contributed by atoms with van der Waals surface area (Å²) in [5.74, 6) is 0. The average Bonchev–Trinajstić information content (AvgIpc) is 2.88. The van der Waals surface area contributed by atoms with Crippen molar-refractivity contribution in [1.29, 1.82) is 0 Å². The van der Waals surface area contributed by atoms with Crippen molar-refractivity contribution in [2.45, 2.75) is 39.8 Å². The molecule has 3 aromatic carbocycles. The fourth-order valence-corrected chi connectivity index (χ4v) is 6.14. The van der Waals surface area contributed by atoms with Gasteiger partial charge in [-0.05, 0) is 79.6 Å². The molecule has 1 saturated heterocycles. The molecule has 6 nitrogen and oxygen atoms in total. The van der Waals surface area contributed by atoms with Gasteiger partial charge in [0.2, 0.25) is 0 Å². The van der Waals surface area contributed by atoms with Crippen LogP contribution >= 0.6 is 22.6 Å². The largest absolute Gasteiger partial charge is 0.368 e. The minimum atomic E-state index is -0.238. The van der Waals surface area contributed by atoms with Gasteiger partial charge in [0.1, 0.15) is 0 Å². The van der Waals surface area contributed by atoms with Crippen molar-refractivity contribution in [2.24, 2.45) is 0 Å². The molecule has 0 saturated carbocycles. The molecule has 0 bridgehead atoms. The molecule has 0 unspecified atom stereocenters. The lowest BCUT2D eigenvalue weighted by Gasteiger charge is -2.34. The van der Waals surface area contributed by atoms with Crippen LogP contribution in [0.3, 0.4) is 0 Å². The zero-order chi connectivity index (χ0) is 26.8. The van der Waals surface area contributed by atoms with Crippen LogP contribution in [0.25, 0.3) is 10.9 Å². The van der Waals surface area contributed by atoms with Gasteiger partial charge in [0.15, 0.2) is 0 Å².